The van der Waals surface area contributed by atoms with Crippen molar-refractivity contribution in [1.82, 2.24) is 0 Å². The smallest absolute Gasteiger partial charge is 0.340 e. The quantitative estimate of drug-likeness (QED) is 0.0241. The SMILES string of the molecule is CCCCCCC(=O)Oc1c(O)c(O)c(C(=O)CCCCCC)c(C(=O)OCc2ccc([N+](=O)[O-])cc2)c1C(=O)CCCCCC. The van der Waals surface area contributed by atoms with Crippen LogP contribution in [0.4, 0.5) is 5.69 Å². The van der Waals surface area contributed by atoms with E-state index in [0.29, 0.717) is 37.7 Å². The van der Waals surface area contributed by atoms with E-state index in [9.17, 15) is 39.5 Å². The summed E-state index contributed by atoms with van der Waals surface area (Å²) in [6.45, 7) is 5.66. The zero-order valence-corrected chi connectivity index (χ0v) is 27.2. The molecule has 2 rings (SSSR count). The number of Topliss-reactive ketones (excluding diaryl/α,β-unsaturated/α-hetero) is 2. The molecule has 0 bridgehead atoms. The maximum Gasteiger partial charge on any atom is 0.340 e. The van der Waals surface area contributed by atoms with E-state index in [0.717, 1.165) is 44.9 Å². The van der Waals surface area contributed by atoms with Crippen molar-refractivity contribution in [3.63, 3.8) is 0 Å². The molecule has 0 aliphatic carbocycles. The van der Waals surface area contributed by atoms with E-state index in [1.165, 1.54) is 24.3 Å². The fourth-order valence-electron chi connectivity index (χ4n) is 5.01. The zero-order chi connectivity index (χ0) is 34.1. The van der Waals surface area contributed by atoms with Crippen LogP contribution in [0.2, 0.25) is 0 Å². The predicted molar refractivity (Wildman–Crippen MR) is 173 cm³/mol. The molecule has 46 heavy (non-hydrogen) atoms. The molecule has 0 aliphatic heterocycles. The van der Waals surface area contributed by atoms with E-state index < -0.39 is 62.4 Å². The molecule has 2 N–H and O–H groups in total. The summed E-state index contributed by atoms with van der Waals surface area (Å²) in [6, 6.07) is 5.27. The number of phenolic OH excluding ortho intramolecular Hbond substituents is 2. The highest BCUT2D eigenvalue weighted by molar-refractivity contribution is 6.17. The Labute approximate surface area is 270 Å². The molecular weight excluding hydrogens is 594 g/mol. The van der Waals surface area contributed by atoms with Crippen LogP contribution >= 0.6 is 0 Å². The molecule has 11 heteroatoms. The standard InChI is InChI=1S/C35H47NO10/c1-4-7-10-13-16-26(37)29-31(35(42)45-23-24-19-21-25(22-20-24)36(43)44)30(27(38)17-14-11-8-5-2)34(33(41)32(29)40)46-28(39)18-15-12-9-6-3/h19-22,40-41H,4-18,23H2,1-3H3. The van der Waals surface area contributed by atoms with Gasteiger partial charge in [0.1, 0.15) is 6.61 Å². The molecule has 0 unspecified atom stereocenters. The second-order valence-electron chi connectivity index (χ2n) is 11.4. The van der Waals surface area contributed by atoms with Crippen molar-refractivity contribution in [2.45, 2.75) is 124 Å². The maximum atomic E-state index is 13.8. The number of esters is 2. The van der Waals surface area contributed by atoms with Crippen LogP contribution in [-0.4, -0.2) is 38.6 Å². The lowest BCUT2D eigenvalue weighted by Crippen LogP contribution is -2.21. The average Bonchev–Trinajstić information content (AvgIpc) is 3.04. The Morgan fingerprint density at radius 2 is 1.17 bits per heavy atom. The van der Waals surface area contributed by atoms with Crippen molar-refractivity contribution < 1.29 is 43.8 Å². The lowest BCUT2D eigenvalue weighted by atomic mass is 9.89. The van der Waals surface area contributed by atoms with Crippen molar-refractivity contribution in [3.8, 4) is 17.2 Å². The van der Waals surface area contributed by atoms with Crippen LogP contribution in [0, 0.1) is 10.1 Å². The van der Waals surface area contributed by atoms with Crippen LogP contribution in [0.3, 0.4) is 0 Å². The molecule has 252 valence electrons. The van der Waals surface area contributed by atoms with Crippen molar-refractivity contribution >= 4 is 29.2 Å². The molecule has 0 fully saturated rings. The summed E-state index contributed by atoms with van der Waals surface area (Å²) < 4.78 is 11.0. The Morgan fingerprint density at radius 1 is 0.674 bits per heavy atom. The molecule has 11 nitrogen and oxygen atoms in total. The summed E-state index contributed by atoms with van der Waals surface area (Å²) in [5.41, 5.74) is -1.40. The number of carbonyl (C=O) groups is 4. The van der Waals surface area contributed by atoms with Gasteiger partial charge in [-0.1, -0.05) is 78.6 Å². The van der Waals surface area contributed by atoms with E-state index in [4.69, 9.17) is 9.47 Å². The number of unbranched alkanes of at least 4 members (excludes halogenated alkanes) is 9. The van der Waals surface area contributed by atoms with Gasteiger partial charge < -0.3 is 19.7 Å². The highest BCUT2D eigenvalue weighted by atomic mass is 16.6. The second kappa shape index (κ2) is 20.0. The van der Waals surface area contributed by atoms with Crippen LogP contribution in [0.1, 0.15) is 154 Å². The number of nitro benzene ring substituents is 1. The molecular formula is C35H47NO10. The van der Waals surface area contributed by atoms with Crippen molar-refractivity contribution in [1.29, 1.82) is 0 Å². The second-order valence-corrected chi connectivity index (χ2v) is 11.4. The highest BCUT2D eigenvalue weighted by Gasteiger charge is 2.36. The molecule has 2 aromatic carbocycles. The van der Waals surface area contributed by atoms with E-state index in [1.54, 1.807) is 0 Å². The molecule has 2 aromatic rings. The minimum absolute atomic E-state index is 0.0254. The number of hydrogen-bond acceptors (Lipinski definition) is 10. The van der Waals surface area contributed by atoms with Gasteiger partial charge in [0.25, 0.3) is 5.69 Å². The van der Waals surface area contributed by atoms with Gasteiger partial charge in [0.15, 0.2) is 23.1 Å². The number of nitrogens with zero attached hydrogens (tertiary/aromatic N) is 1. The third-order valence-electron chi connectivity index (χ3n) is 7.65. The number of nitro groups is 1. The third-order valence-corrected chi connectivity index (χ3v) is 7.65. The summed E-state index contributed by atoms with van der Waals surface area (Å²) in [6.07, 6.45) is 8.79. The fourth-order valence-corrected chi connectivity index (χ4v) is 5.01. The van der Waals surface area contributed by atoms with Gasteiger partial charge in [-0.15, -0.1) is 0 Å². The van der Waals surface area contributed by atoms with Crippen molar-refractivity contribution in [2.75, 3.05) is 0 Å². The Bertz CT molecular complexity index is 1350. The molecule has 0 spiro atoms. The van der Waals surface area contributed by atoms with Crippen LogP contribution in [0.5, 0.6) is 17.2 Å². The van der Waals surface area contributed by atoms with Crippen LogP contribution < -0.4 is 4.74 Å². The Kier molecular flexibility index (Phi) is 16.5. The molecule has 0 radical (unpaired) electrons. The Hall–Kier alpha value is -4.28. The first kappa shape index (κ1) is 37.9. The van der Waals surface area contributed by atoms with Gasteiger partial charge in [0.2, 0.25) is 5.75 Å². The van der Waals surface area contributed by atoms with E-state index in [2.05, 4.69) is 0 Å². The van der Waals surface area contributed by atoms with E-state index in [-0.39, 0.29) is 31.6 Å². The van der Waals surface area contributed by atoms with Crippen molar-refractivity contribution in [3.05, 3.63) is 56.6 Å². The summed E-state index contributed by atoms with van der Waals surface area (Å²) in [7, 11) is 0. The number of benzene rings is 2. The Morgan fingerprint density at radius 3 is 1.67 bits per heavy atom. The largest absolute Gasteiger partial charge is 0.504 e. The van der Waals surface area contributed by atoms with Crippen LogP contribution in [-0.2, 0) is 16.1 Å². The lowest BCUT2D eigenvalue weighted by Gasteiger charge is -2.20. The minimum Gasteiger partial charge on any atom is -0.504 e. The molecule has 0 saturated heterocycles. The highest BCUT2D eigenvalue weighted by Crippen LogP contribution is 2.46. The number of rotatable bonds is 22. The number of hydrogen-bond donors (Lipinski definition) is 2. The van der Waals surface area contributed by atoms with Gasteiger partial charge in [-0.3, -0.25) is 24.5 Å². The van der Waals surface area contributed by atoms with Gasteiger partial charge in [-0.05, 0) is 37.0 Å². The first-order valence-electron chi connectivity index (χ1n) is 16.4. The number of non-ortho nitro benzene ring substituents is 1. The van der Waals surface area contributed by atoms with E-state index in [1.807, 2.05) is 20.8 Å². The normalized spacial score (nSPS) is 10.8. The number of ether oxygens (including phenoxy) is 2. The van der Waals surface area contributed by atoms with Crippen molar-refractivity contribution in [2.24, 2.45) is 0 Å². The van der Waals surface area contributed by atoms with Gasteiger partial charge in [-0.2, -0.15) is 0 Å². The first-order chi connectivity index (χ1) is 22.1. The number of carbonyl (C=O) groups excluding carboxylic acids is 4. The lowest BCUT2D eigenvalue weighted by molar-refractivity contribution is -0.384. The molecule has 0 amide bonds. The third kappa shape index (κ3) is 11.3. The number of phenols is 2. The predicted octanol–water partition coefficient (Wildman–Crippen LogP) is 8.55. The number of ketones is 2. The summed E-state index contributed by atoms with van der Waals surface area (Å²) >= 11 is 0. The summed E-state index contributed by atoms with van der Waals surface area (Å²) in [5.74, 6) is -5.87. The average molecular weight is 642 g/mol. The molecule has 0 atom stereocenters. The maximum absolute atomic E-state index is 13.8. The zero-order valence-electron chi connectivity index (χ0n) is 27.2. The minimum atomic E-state index is -1.15. The van der Waals surface area contributed by atoms with Crippen LogP contribution in [0.25, 0.3) is 0 Å². The van der Waals surface area contributed by atoms with Crippen LogP contribution in [0.15, 0.2) is 24.3 Å². The topological polar surface area (TPSA) is 170 Å². The molecule has 0 saturated carbocycles. The molecule has 0 aliphatic rings. The van der Waals surface area contributed by atoms with E-state index >= 15 is 0 Å². The first-order valence-corrected chi connectivity index (χ1v) is 16.4. The summed E-state index contributed by atoms with van der Waals surface area (Å²) in [5, 5.41) is 33.2. The van der Waals surface area contributed by atoms with Gasteiger partial charge in [-0.25, -0.2) is 4.79 Å². The monoisotopic (exact) mass is 641 g/mol. The number of aromatic hydroxyl groups is 2. The molecule has 0 aromatic heterocycles. The van der Waals surface area contributed by atoms with Gasteiger partial charge in [0.05, 0.1) is 21.6 Å². The fraction of sp³-hybridized carbons (Fsp3) is 0.543. The van der Waals surface area contributed by atoms with Gasteiger partial charge in [0, 0.05) is 31.4 Å². The summed E-state index contributed by atoms with van der Waals surface area (Å²) in [4.78, 5) is 64.4. The Balaban J connectivity index is 2.64. The van der Waals surface area contributed by atoms with Gasteiger partial charge >= 0.3 is 11.9 Å². The molecule has 0 heterocycles.